The average Bonchev–Trinajstić information content (AvgIpc) is 2.87. The molecule has 96 valence electrons. The quantitative estimate of drug-likeness (QED) is 0.786. The van der Waals surface area contributed by atoms with Crippen molar-refractivity contribution in [1.82, 2.24) is 9.78 Å². The lowest BCUT2D eigenvalue weighted by molar-refractivity contribution is -0.148. The fraction of sp³-hybridized carbons (Fsp3) is 0.364. The van der Waals surface area contributed by atoms with Gasteiger partial charge in [0.1, 0.15) is 6.54 Å². The predicted octanol–water partition coefficient (Wildman–Crippen LogP) is 1.52. The minimum atomic E-state index is -0.667. The Morgan fingerprint density at radius 1 is 1.61 bits per heavy atom. The van der Waals surface area contributed by atoms with E-state index in [1.807, 2.05) is 11.4 Å². The fourth-order valence-corrected chi connectivity index (χ4v) is 1.97. The lowest BCUT2D eigenvalue weighted by atomic mass is 10.5. The number of ether oxygens (including phenoxy) is 1. The van der Waals surface area contributed by atoms with Gasteiger partial charge in [-0.2, -0.15) is 4.68 Å². The Morgan fingerprint density at radius 2 is 2.39 bits per heavy atom. The van der Waals surface area contributed by atoms with Crippen molar-refractivity contribution in [2.24, 2.45) is 0 Å². The van der Waals surface area contributed by atoms with E-state index >= 15 is 0 Å². The van der Waals surface area contributed by atoms with Crippen LogP contribution in [0.2, 0.25) is 0 Å². The molecule has 18 heavy (non-hydrogen) atoms. The highest BCUT2D eigenvalue weighted by atomic mass is 32.1. The molecule has 0 amide bonds. The van der Waals surface area contributed by atoms with Crippen molar-refractivity contribution in [3.8, 4) is 10.8 Å². The number of rotatable bonds is 4. The minimum Gasteiger partial charge on any atom is -0.462 e. The summed E-state index contributed by atoms with van der Waals surface area (Å²) in [7, 11) is 0. The van der Waals surface area contributed by atoms with Gasteiger partial charge in [-0.1, -0.05) is 6.07 Å². The highest BCUT2D eigenvalue weighted by Gasteiger charge is 2.15. The van der Waals surface area contributed by atoms with E-state index < -0.39 is 11.7 Å². The maximum Gasteiger partial charge on any atom is 0.437 e. The van der Waals surface area contributed by atoms with Gasteiger partial charge in [0.2, 0.25) is 0 Å². The molecule has 0 aliphatic carbocycles. The zero-order valence-electron chi connectivity index (χ0n) is 9.95. The molecule has 0 atom stereocenters. The topological polar surface area (TPSA) is 74.3 Å². The van der Waals surface area contributed by atoms with Crippen LogP contribution in [0.3, 0.4) is 0 Å². The first-order valence-electron chi connectivity index (χ1n) is 5.37. The van der Waals surface area contributed by atoms with E-state index in [0.717, 1.165) is 9.56 Å². The van der Waals surface area contributed by atoms with Crippen LogP contribution in [0.25, 0.3) is 10.8 Å². The molecule has 6 nitrogen and oxygen atoms in total. The Hall–Kier alpha value is -1.89. The van der Waals surface area contributed by atoms with Crippen LogP contribution in [0, 0.1) is 0 Å². The SMILES string of the molecule is CC(C)OC(=O)Cn1nc(-c2cccs2)oc1=O. The van der Waals surface area contributed by atoms with Gasteiger partial charge >= 0.3 is 11.7 Å². The van der Waals surface area contributed by atoms with E-state index in [4.69, 9.17) is 9.15 Å². The van der Waals surface area contributed by atoms with Crippen molar-refractivity contribution in [1.29, 1.82) is 0 Å². The highest BCUT2D eigenvalue weighted by Crippen LogP contribution is 2.20. The summed E-state index contributed by atoms with van der Waals surface area (Å²) >= 11 is 1.40. The maximum atomic E-state index is 11.5. The van der Waals surface area contributed by atoms with Crippen molar-refractivity contribution in [3.05, 3.63) is 28.1 Å². The Bertz CT molecular complexity index is 582. The summed E-state index contributed by atoms with van der Waals surface area (Å²) in [5.41, 5.74) is 0. The molecule has 0 aliphatic heterocycles. The van der Waals surface area contributed by atoms with Crippen LogP contribution in [0.1, 0.15) is 13.8 Å². The summed E-state index contributed by atoms with van der Waals surface area (Å²) in [5.74, 6) is -0.968. The molecule has 0 radical (unpaired) electrons. The summed E-state index contributed by atoms with van der Waals surface area (Å²) in [6.07, 6.45) is -0.225. The third kappa shape index (κ3) is 2.86. The molecule has 2 heterocycles. The van der Waals surface area contributed by atoms with E-state index in [1.54, 1.807) is 19.9 Å². The zero-order valence-corrected chi connectivity index (χ0v) is 10.8. The molecule has 2 aromatic heterocycles. The van der Waals surface area contributed by atoms with Crippen LogP contribution in [0.4, 0.5) is 0 Å². The molecule has 7 heteroatoms. The van der Waals surface area contributed by atoms with Crippen molar-refractivity contribution < 1.29 is 13.9 Å². The Kier molecular flexibility index (Phi) is 3.61. The molecule has 0 aliphatic rings. The van der Waals surface area contributed by atoms with Gasteiger partial charge in [0.25, 0.3) is 5.89 Å². The summed E-state index contributed by atoms with van der Waals surface area (Å²) in [6.45, 7) is 3.23. The molecule has 0 fully saturated rings. The van der Waals surface area contributed by atoms with E-state index in [9.17, 15) is 9.59 Å². The number of thiophene rings is 1. The first-order valence-corrected chi connectivity index (χ1v) is 6.25. The molecular formula is C11H12N2O4S. The van der Waals surface area contributed by atoms with Crippen molar-refractivity contribution in [2.45, 2.75) is 26.5 Å². The number of carbonyl (C=O) groups excluding carboxylic acids is 1. The second-order valence-electron chi connectivity index (χ2n) is 3.85. The minimum absolute atomic E-state index is 0.215. The van der Waals surface area contributed by atoms with Gasteiger partial charge in [0.05, 0.1) is 11.0 Å². The Labute approximate surface area is 107 Å². The van der Waals surface area contributed by atoms with E-state index in [-0.39, 0.29) is 18.5 Å². The summed E-state index contributed by atoms with van der Waals surface area (Å²) in [5, 5.41) is 5.80. The zero-order chi connectivity index (χ0) is 13.1. The van der Waals surface area contributed by atoms with Gasteiger partial charge in [0, 0.05) is 0 Å². The van der Waals surface area contributed by atoms with Crippen molar-refractivity contribution in [3.63, 3.8) is 0 Å². The Morgan fingerprint density at radius 3 is 3.00 bits per heavy atom. The van der Waals surface area contributed by atoms with Gasteiger partial charge in [-0.25, -0.2) is 4.79 Å². The van der Waals surface area contributed by atoms with Gasteiger partial charge in [-0.05, 0) is 25.3 Å². The summed E-state index contributed by atoms with van der Waals surface area (Å²) < 4.78 is 10.9. The number of aromatic nitrogens is 2. The van der Waals surface area contributed by atoms with Crippen molar-refractivity contribution >= 4 is 17.3 Å². The first kappa shape index (κ1) is 12.6. The number of hydrogen-bond donors (Lipinski definition) is 0. The van der Waals surface area contributed by atoms with Crippen LogP contribution >= 0.6 is 11.3 Å². The summed E-state index contributed by atoms with van der Waals surface area (Å²) in [6, 6.07) is 3.61. The molecule has 0 bridgehead atoms. The first-order chi connectivity index (χ1) is 8.56. The molecular weight excluding hydrogens is 256 g/mol. The lowest BCUT2D eigenvalue weighted by Gasteiger charge is -2.06. The molecule has 0 saturated carbocycles. The number of carbonyl (C=O) groups is 1. The smallest absolute Gasteiger partial charge is 0.437 e. The fourth-order valence-electron chi connectivity index (χ4n) is 1.33. The van der Waals surface area contributed by atoms with Crippen LogP contribution in [-0.2, 0) is 16.1 Å². The standard InChI is InChI=1S/C11H12N2O4S/c1-7(2)16-9(14)6-13-11(15)17-10(12-13)8-4-3-5-18-8/h3-5,7H,6H2,1-2H3. The molecule has 0 unspecified atom stereocenters. The molecule has 0 N–H and O–H groups in total. The Balaban J connectivity index is 2.15. The van der Waals surface area contributed by atoms with E-state index in [1.165, 1.54) is 11.3 Å². The van der Waals surface area contributed by atoms with Gasteiger partial charge in [0.15, 0.2) is 0 Å². The van der Waals surface area contributed by atoms with E-state index in [2.05, 4.69) is 5.10 Å². The van der Waals surface area contributed by atoms with Gasteiger partial charge in [-0.3, -0.25) is 4.79 Å². The monoisotopic (exact) mass is 268 g/mol. The molecule has 2 aromatic rings. The third-order valence-corrected chi connectivity index (χ3v) is 2.84. The lowest BCUT2D eigenvalue weighted by Crippen LogP contribution is -2.24. The predicted molar refractivity (Wildman–Crippen MR) is 65.3 cm³/mol. The van der Waals surface area contributed by atoms with Crippen LogP contribution in [-0.4, -0.2) is 21.9 Å². The average molecular weight is 268 g/mol. The number of esters is 1. The van der Waals surface area contributed by atoms with Crippen LogP contribution < -0.4 is 5.76 Å². The second kappa shape index (κ2) is 5.18. The maximum absolute atomic E-state index is 11.5. The van der Waals surface area contributed by atoms with E-state index in [0.29, 0.717) is 0 Å². The normalized spacial score (nSPS) is 10.8. The number of nitrogens with zero attached hydrogens (tertiary/aromatic N) is 2. The third-order valence-electron chi connectivity index (χ3n) is 1.98. The van der Waals surface area contributed by atoms with Gasteiger partial charge in [-0.15, -0.1) is 16.4 Å². The summed E-state index contributed by atoms with van der Waals surface area (Å²) in [4.78, 5) is 23.6. The highest BCUT2D eigenvalue weighted by molar-refractivity contribution is 7.13. The molecule has 0 spiro atoms. The van der Waals surface area contributed by atoms with Gasteiger partial charge < -0.3 is 9.15 Å². The van der Waals surface area contributed by atoms with Crippen molar-refractivity contribution in [2.75, 3.05) is 0 Å². The van der Waals surface area contributed by atoms with Crippen LogP contribution in [0.5, 0.6) is 0 Å². The largest absolute Gasteiger partial charge is 0.462 e. The number of hydrogen-bond acceptors (Lipinski definition) is 6. The molecule has 0 saturated heterocycles. The van der Waals surface area contributed by atoms with Crippen LogP contribution in [0.15, 0.2) is 26.7 Å². The molecule has 2 rings (SSSR count). The molecule has 0 aromatic carbocycles. The second-order valence-corrected chi connectivity index (χ2v) is 4.79.